The van der Waals surface area contributed by atoms with Gasteiger partial charge in [-0.3, -0.25) is 9.97 Å². The largest absolute Gasteiger partial charge is 0.265 e. The Kier molecular flexibility index (Phi) is 5.83. The van der Waals surface area contributed by atoms with E-state index >= 15 is 0 Å². The lowest BCUT2D eigenvalue weighted by Crippen LogP contribution is -1.97. The molecule has 0 saturated heterocycles. The van der Waals surface area contributed by atoms with Gasteiger partial charge < -0.3 is 0 Å². The normalized spacial score (nSPS) is 10.8. The zero-order chi connectivity index (χ0) is 24.2. The van der Waals surface area contributed by atoms with Crippen LogP contribution in [0, 0.1) is 0 Å². The molecule has 6 rings (SSSR count). The van der Waals surface area contributed by atoms with E-state index in [0.717, 1.165) is 50.3 Å². The zero-order valence-corrected chi connectivity index (χ0v) is 19.5. The highest BCUT2D eigenvalue weighted by Crippen LogP contribution is 2.33. The Labute approximate surface area is 210 Å². The minimum Gasteiger partial charge on any atom is -0.265 e. The van der Waals surface area contributed by atoms with Crippen LogP contribution in [0.5, 0.6) is 0 Å². The molecule has 170 valence electrons. The third-order valence-corrected chi connectivity index (χ3v) is 6.06. The molecule has 6 aromatic rings. The minimum atomic E-state index is 0.677. The van der Waals surface area contributed by atoms with Crippen LogP contribution in [0.1, 0.15) is 0 Å². The molecular weight excluding hydrogens is 440 g/mol. The first-order chi connectivity index (χ1) is 17.8. The van der Waals surface area contributed by atoms with Gasteiger partial charge in [-0.05, 0) is 59.2 Å². The van der Waals surface area contributed by atoms with E-state index in [4.69, 9.17) is 9.97 Å². The maximum Gasteiger partial charge on any atom is 0.160 e. The fraction of sp³-hybridized carbons (Fsp3) is 0. The number of benzene rings is 3. The fourth-order valence-electron chi connectivity index (χ4n) is 4.26. The summed E-state index contributed by atoms with van der Waals surface area (Å²) in [6, 6.07) is 37.0. The first-order valence-electron chi connectivity index (χ1n) is 11.8. The molecule has 0 atom stereocenters. The molecule has 0 unspecified atom stereocenters. The summed E-state index contributed by atoms with van der Waals surface area (Å²) in [6.45, 7) is 0. The smallest absolute Gasteiger partial charge is 0.160 e. The van der Waals surface area contributed by atoms with E-state index in [-0.39, 0.29) is 0 Å². The summed E-state index contributed by atoms with van der Waals surface area (Å²) in [5.74, 6) is 0.677. The number of pyridine rings is 2. The molecule has 0 fully saturated rings. The number of hydrogen-bond acceptors (Lipinski definition) is 4. The van der Waals surface area contributed by atoms with E-state index < -0.39 is 0 Å². The molecule has 0 spiro atoms. The highest BCUT2D eigenvalue weighted by atomic mass is 14.9. The first-order valence-corrected chi connectivity index (χ1v) is 11.8. The van der Waals surface area contributed by atoms with Crippen molar-refractivity contribution in [3.8, 4) is 56.2 Å². The summed E-state index contributed by atoms with van der Waals surface area (Å²) < 4.78 is 0. The highest BCUT2D eigenvalue weighted by Gasteiger charge is 2.13. The fourth-order valence-corrected chi connectivity index (χ4v) is 4.26. The van der Waals surface area contributed by atoms with Crippen molar-refractivity contribution in [2.75, 3.05) is 0 Å². The van der Waals surface area contributed by atoms with Crippen LogP contribution in [0.15, 0.2) is 134 Å². The van der Waals surface area contributed by atoms with Gasteiger partial charge in [0, 0.05) is 47.0 Å². The van der Waals surface area contributed by atoms with E-state index in [0.29, 0.717) is 5.82 Å². The number of aromatic nitrogens is 4. The lowest BCUT2D eigenvalue weighted by Gasteiger charge is -2.13. The molecule has 0 aliphatic carbocycles. The monoisotopic (exact) mass is 462 g/mol. The van der Waals surface area contributed by atoms with Gasteiger partial charge in [-0.15, -0.1) is 0 Å². The van der Waals surface area contributed by atoms with Gasteiger partial charge in [0.05, 0.1) is 11.4 Å². The first kappa shape index (κ1) is 21.6. The molecule has 0 amide bonds. The maximum atomic E-state index is 5.03. The second-order valence-electron chi connectivity index (χ2n) is 8.47. The quantitative estimate of drug-likeness (QED) is 0.265. The van der Waals surface area contributed by atoms with Gasteiger partial charge in [-0.25, -0.2) is 9.97 Å². The number of nitrogens with zero attached hydrogens (tertiary/aromatic N) is 4. The summed E-state index contributed by atoms with van der Waals surface area (Å²) in [4.78, 5) is 18.6. The van der Waals surface area contributed by atoms with Gasteiger partial charge in [-0.1, -0.05) is 66.7 Å². The predicted octanol–water partition coefficient (Wildman–Crippen LogP) is 7.60. The van der Waals surface area contributed by atoms with Crippen LogP contribution in [0.2, 0.25) is 0 Å². The van der Waals surface area contributed by atoms with Crippen molar-refractivity contribution in [3.05, 3.63) is 134 Å². The van der Waals surface area contributed by atoms with Crippen molar-refractivity contribution in [2.45, 2.75) is 0 Å². The Morgan fingerprint density at radius 3 is 1.50 bits per heavy atom. The van der Waals surface area contributed by atoms with E-state index in [1.807, 2.05) is 73.2 Å². The van der Waals surface area contributed by atoms with Crippen molar-refractivity contribution in [3.63, 3.8) is 0 Å². The minimum absolute atomic E-state index is 0.677. The van der Waals surface area contributed by atoms with E-state index in [1.54, 1.807) is 6.20 Å². The molecule has 3 aromatic heterocycles. The van der Waals surface area contributed by atoms with Gasteiger partial charge in [0.25, 0.3) is 0 Å². The second-order valence-corrected chi connectivity index (χ2v) is 8.47. The summed E-state index contributed by atoms with van der Waals surface area (Å²) in [5.41, 5.74) is 9.07. The summed E-state index contributed by atoms with van der Waals surface area (Å²) >= 11 is 0. The van der Waals surface area contributed by atoms with Crippen LogP contribution in [0.3, 0.4) is 0 Å². The molecule has 3 heterocycles. The van der Waals surface area contributed by atoms with E-state index in [2.05, 4.69) is 64.6 Å². The maximum absolute atomic E-state index is 5.03. The lowest BCUT2D eigenvalue weighted by atomic mass is 9.96. The molecule has 0 aliphatic rings. The average molecular weight is 463 g/mol. The topological polar surface area (TPSA) is 51.6 Å². The molecule has 0 aliphatic heterocycles. The second kappa shape index (κ2) is 9.72. The van der Waals surface area contributed by atoms with Gasteiger partial charge in [-0.2, -0.15) is 0 Å². The predicted molar refractivity (Wildman–Crippen MR) is 145 cm³/mol. The Morgan fingerprint density at radius 1 is 0.361 bits per heavy atom. The molecule has 3 aromatic carbocycles. The van der Waals surface area contributed by atoms with Crippen LogP contribution < -0.4 is 0 Å². The average Bonchev–Trinajstić information content (AvgIpc) is 2.98. The van der Waals surface area contributed by atoms with Crippen LogP contribution >= 0.6 is 0 Å². The third-order valence-electron chi connectivity index (χ3n) is 6.06. The van der Waals surface area contributed by atoms with Gasteiger partial charge >= 0.3 is 0 Å². The molecule has 0 saturated carbocycles. The molecule has 36 heavy (non-hydrogen) atoms. The Morgan fingerprint density at radius 2 is 0.917 bits per heavy atom. The molecule has 0 bridgehead atoms. The summed E-state index contributed by atoms with van der Waals surface area (Å²) in [6.07, 6.45) is 7.29. The molecule has 0 radical (unpaired) electrons. The summed E-state index contributed by atoms with van der Waals surface area (Å²) in [5, 5.41) is 0. The van der Waals surface area contributed by atoms with Crippen LogP contribution in [-0.2, 0) is 0 Å². The SMILES string of the molecule is c1ccc(-c2cc(-c3ccccc3)nc(-c3cc(-c4ccncc4)cc(-c4cccnc4)c3)n2)cc1. The Bertz CT molecular complexity index is 1360. The van der Waals surface area contributed by atoms with Gasteiger partial charge in [0.1, 0.15) is 0 Å². The Hall–Kier alpha value is -4.96. The van der Waals surface area contributed by atoms with Crippen molar-refractivity contribution >= 4 is 0 Å². The van der Waals surface area contributed by atoms with Crippen LogP contribution in [0.25, 0.3) is 56.2 Å². The van der Waals surface area contributed by atoms with E-state index in [1.165, 1.54) is 0 Å². The van der Waals surface area contributed by atoms with Crippen molar-refractivity contribution in [1.82, 2.24) is 19.9 Å². The van der Waals surface area contributed by atoms with Crippen molar-refractivity contribution < 1.29 is 0 Å². The third kappa shape index (κ3) is 4.52. The number of rotatable bonds is 5. The Balaban J connectivity index is 1.58. The van der Waals surface area contributed by atoms with Crippen molar-refractivity contribution in [2.24, 2.45) is 0 Å². The number of hydrogen-bond donors (Lipinski definition) is 0. The lowest BCUT2D eigenvalue weighted by molar-refractivity contribution is 1.18. The molecular formula is C32H22N4. The van der Waals surface area contributed by atoms with Crippen LogP contribution in [-0.4, -0.2) is 19.9 Å². The van der Waals surface area contributed by atoms with Gasteiger partial charge in [0.15, 0.2) is 5.82 Å². The van der Waals surface area contributed by atoms with Crippen LogP contribution in [0.4, 0.5) is 0 Å². The van der Waals surface area contributed by atoms with E-state index in [9.17, 15) is 0 Å². The molecule has 0 N–H and O–H groups in total. The van der Waals surface area contributed by atoms with Crippen molar-refractivity contribution in [1.29, 1.82) is 0 Å². The highest BCUT2D eigenvalue weighted by molar-refractivity contribution is 5.80. The standard InChI is InChI=1S/C32H22N4/c1-3-8-24(9-4-1)30-21-31(25-10-5-2-6-11-25)36-32(35-30)29-19-27(23-13-16-33-17-14-23)18-28(20-29)26-12-7-15-34-22-26/h1-22H. The van der Waals surface area contributed by atoms with Gasteiger partial charge in [0.2, 0.25) is 0 Å². The zero-order valence-electron chi connectivity index (χ0n) is 19.5. The molecule has 4 heteroatoms. The molecule has 4 nitrogen and oxygen atoms in total. The summed E-state index contributed by atoms with van der Waals surface area (Å²) in [7, 11) is 0.